The van der Waals surface area contributed by atoms with Gasteiger partial charge in [-0.1, -0.05) is 18.2 Å². The first-order valence-corrected chi connectivity index (χ1v) is 10.2. The smallest absolute Gasteiger partial charge is 0.145 e. The minimum Gasteiger partial charge on any atom is -0.456 e. The van der Waals surface area contributed by atoms with Gasteiger partial charge in [0.1, 0.15) is 28.0 Å². The van der Waals surface area contributed by atoms with E-state index < -0.39 is 0 Å². The number of furan rings is 2. The van der Waals surface area contributed by atoms with Crippen molar-refractivity contribution >= 4 is 71.2 Å². The second-order valence-corrected chi connectivity index (χ2v) is 7.92. The lowest BCUT2D eigenvalue weighted by Crippen LogP contribution is -1.91. The van der Waals surface area contributed by atoms with Crippen LogP contribution in [0.15, 0.2) is 88.2 Å². The Kier molecular flexibility index (Phi) is 2.60. The van der Waals surface area contributed by atoms with Gasteiger partial charge < -0.3 is 8.83 Å². The van der Waals surface area contributed by atoms with Crippen molar-refractivity contribution in [2.45, 2.75) is 0 Å². The van der Waals surface area contributed by atoms with Gasteiger partial charge in [-0.3, -0.25) is 9.38 Å². The summed E-state index contributed by atoms with van der Waals surface area (Å²) in [6, 6.07) is 18.6. The second-order valence-electron chi connectivity index (χ2n) is 7.92. The normalized spacial score (nSPS) is 12.5. The number of pyridine rings is 2. The summed E-state index contributed by atoms with van der Waals surface area (Å²) in [4.78, 5) is 8.96. The van der Waals surface area contributed by atoms with Crippen LogP contribution in [0, 0.1) is 0 Å². The molecule has 5 heteroatoms. The topological polar surface area (TPSA) is 56.5 Å². The van der Waals surface area contributed by atoms with E-state index in [1.165, 1.54) is 0 Å². The molecule has 0 atom stereocenters. The summed E-state index contributed by atoms with van der Waals surface area (Å²) in [6.45, 7) is 0. The van der Waals surface area contributed by atoms with E-state index in [1.807, 2.05) is 42.9 Å². The summed E-state index contributed by atoms with van der Waals surface area (Å²) >= 11 is 0. The fraction of sp³-hybridized carbons (Fsp3) is 0. The van der Waals surface area contributed by atoms with Gasteiger partial charge in [-0.05, 0) is 36.4 Å². The molecule has 0 aliphatic rings. The van der Waals surface area contributed by atoms with Crippen molar-refractivity contribution in [2.75, 3.05) is 0 Å². The van der Waals surface area contributed by atoms with Crippen LogP contribution in [-0.2, 0) is 0 Å². The maximum absolute atomic E-state index is 6.52. The van der Waals surface area contributed by atoms with Crippen LogP contribution in [0.5, 0.6) is 0 Å². The summed E-state index contributed by atoms with van der Waals surface area (Å²) in [6.07, 6.45) is 7.53. The molecule has 0 saturated heterocycles. The van der Waals surface area contributed by atoms with Crippen LogP contribution >= 0.6 is 0 Å². The predicted molar refractivity (Wildman–Crippen MR) is 123 cm³/mol. The molecule has 8 aromatic rings. The molecule has 0 unspecified atom stereocenters. The molecule has 144 valence electrons. The zero-order valence-electron chi connectivity index (χ0n) is 16.2. The Balaban J connectivity index is 1.62. The van der Waals surface area contributed by atoms with Crippen molar-refractivity contribution in [2.24, 2.45) is 0 Å². The molecule has 0 bridgehead atoms. The van der Waals surface area contributed by atoms with Gasteiger partial charge in [0, 0.05) is 57.1 Å². The Hall–Kier alpha value is -4.38. The van der Waals surface area contributed by atoms with Crippen LogP contribution in [0.3, 0.4) is 0 Å². The molecule has 0 saturated carbocycles. The molecule has 0 amide bonds. The Bertz CT molecular complexity index is 2010. The minimum atomic E-state index is 0.851. The third-order valence-electron chi connectivity index (χ3n) is 6.35. The molecule has 5 nitrogen and oxygen atoms in total. The number of benzene rings is 3. The van der Waals surface area contributed by atoms with E-state index in [2.05, 4.69) is 44.7 Å². The molecule has 5 heterocycles. The van der Waals surface area contributed by atoms with Crippen molar-refractivity contribution in [1.29, 1.82) is 0 Å². The van der Waals surface area contributed by atoms with Crippen molar-refractivity contribution in [3.63, 3.8) is 0 Å². The first-order chi connectivity index (χ1) is 15.4. The molecular weight excluding hydrogens is 386 g/mol. The van der Waals surface area contributed by atoms with Gasteiger partial charge in [-0.25, -0.2) is 4.98 Å². The Labute approximate surface area is 174 Å². The Morgan fingerprint density at radius 2 is 1.55 bits per heavy atom. The summed E-state index contributed by atoms with van der Waals surface area (Å²) in [5.41, 5.74) is 5.44. The Morgan fingerprint density at radius 1 is 0.677 bits per heavy atom. The molecular formula is C26H13N3O2. The van der Waals surface area contributed by atoms with E-state index in [1.54, 1.807) is 6.20 Å². The average Bonchev–Trinajstić information content (AvgIpc) is 3.52. The number of hydrogen-bond donors (Lipinski definition) is 0. The molecule has 0 radical (unpaired) electrons. The summed E-state index contributed by atoms with van der Waals surface area (Å²) in [5.74, 6) is 0. The van der Waals surface area contributed by atoms with Crippen molar-refractivity contribution in [3.8, 4) is 0 Å². The van der Waals surface area contributed by atoms with Gasteiger partial charge in [0.2, 0.25) is 0 Å². The first kappa shape index (κ1) is 15.5. The van der Waals surface area contributed by atoms with Crippen LogP contribution < -0.4 is 0 Å². The number of fused-ring (bicyclic) bond motifs is 13. The van der Waals surface area contributed by atoms with Crippen LogP contribution in [0.2, 0.25) is 0 Å². The lowest BCUT2D eigenvalue weighted by molar-refractivity contribution is 0.665. The monoisotopic (exact) mass is 399 g/mol. The van der Waals surface area contributed by atoms with Crippen LogP contribution in [0.25, 0.3) is 71.2 Å². The third-order valence-corrected chi connectivity index (χ3v) is 6.35. The average molecular weight is 399 g/mol. The van der Waals surface area contributed by atoms with Crippen molar-refractivity contribution in [3.05, 3.63) is 79.4 Å². The molecule has 0 aliphatic carbocycles. The van der Waals surface area contributed by atoms with Crippen molar-refractivity contribution in [1.82, 2.24) is 14.4 Å². The van der Waals surface area contributed by atoms with E-state index in [0.29, 0.717) is 0 Å². The fourth-order valence-corrected chi connectivity index (χ4v) is 4.99. The molecule has 0 aliphatic heterocycles. The summed E-state index contributed by atoms with van der Waals surface area (Å²) in [7, 11) is 0. The second kappa shape index (κ2) is 5.21. The molecule has 0 spiro atoms. The molecule has 31 heavy (non-hydrogen) atoms. The van der Waals surface area contributed by atoms with E-state index >= 15 is 0 Å². The van der Waals surface area contributed by atoms with Gasteiger partial charge in [-0.15, -0.1) is 0 Å². The fourth-order valence-electron chi connectivity index (χ4n) is 4.99. The third kappa shape index (κ3) is 1.82. The van der Waals surface area contributed by atoms with Gasteiger partial charge in [0.15, 0.2) is 0 Å². The maximum Gasteiger partial charge on any atom is 0.145 e. The minimum absolute atomic E-state index is 0.851. The first-order valence-electron chi connectivity index (χ1n) is 10.2. The quantitative estimate of drug-likeness (QED) is 0.262. The molecule has 3 aromatic carbocycles. The van der Waals surface area contributed by atoms with Gasteiger partial charge in [0.05, 0.1) is 10.9 Å². The number of aromatic nitrogens is 3. The lowest BCUT2D eigenvalue weighted by Gasteiger charge is -2.08. The Morgan fingerprint density at radius 3 is 2.52 bits per heavy atom. The molecule has 0 N–H and O–H groups in total. The van der Waals surface area contributed by atoms with Crippen molar-refractivity contribution < 1.29 is 8.83 Å². The molecule has 8 rings (SSSR count). The number of nitrogens with zero attached hydrogens (tertiary/aromatic N) is 3. The zero-order valence-corrected chi connectivity index (χ0v) is 16.2. The number of rotatable bonds is 0. The van der Waals surface area contributed by atoms with E-state index in [0.717, 1.165) is 71.2 Å². The molecule has 5 aromatic heterocycles. The van der Waals surface area contributed by atoms with Gasteiger partial charge in [-0.2, -0.15) is 0 Å². The molecule has 0 fully saturated rings. The largest absolute Gasteiger partial charge is 0.456 e. The van der Waals surface area contributed by atoms with E-state index in [9.17, 15) is 0 Å². The predicted octanol–water partition coefficient (Wildman–Crippen LogP) is 6.83. The van der Waals surface area contributed by atoms with Crippen LogP contribution in [0.1, 0.15) is 0 Å². The standard InChI is InChI=1S/C26H13N3O2/c1-2-4-21-14(3-1)17-11-23-18(12-22(17)30-21)15-5-6-20-24(25(15)31-23)19-13-27-8-7-16(19)26-28-9-10-29(20)26/h1-13H. The zero-order chi connectivity index (χ0) is 20.1. The summed E-state index contributed by atoms with van der Waals surface area (Å²) < 4.78 is 14.8. The van der Waals surface area contributed by atoms with Crippen LogP contribution in [0.4, 0.5) is 0 Å². The maximum atomic E-state index is 6.52. The highest BCUT2D eigenvalue weighted by molar-refractivity contribution is 6.25. The summed E-state index contributed by atoms with van der Waals surface area (Å²) in [5, 5.41) is 7.41. The lowest BCUT2D eigenvalue weighted by atomic mass is 10.0. The highest BCUT2D eigenvalue weighted by atomic mass is 16.3. The van der Waals surface area contributed by atoms with Gasteiger partial charge >= 0.3 is 0 Å². The van der Waals surface area contributed by atoms with E-state index in [4.69, 9.17) is 8.83 Å². The number of hydrogen-bond acceptors (Lipinski definition) is 4. The SMILES string of the molecule is c1ccc2c(c1)oc1cc3c(cc12)oc1c3ccc2c1c1cnccc1c1nccn21. The number of para-hydroxylation sites is 1. The van der Waals surface area contributed by atoms with Crippen LogP contribution in [-0.4, -0.2) is 14.4 Å². The van der Waals surface area contributed by atoms with E-state index in [-0.39, 0.29) is 0 Å². The number of imidazole rings is 1. The highest BCUT2D eigenvalue weighted by Crippen LogP contribution is 2.41. The highest BCUT2D eigenvalue weighted by Gasteiger charge is 2.18. The van der Waals surface area contributed by atoms with Gasteiger partial charge in [0.25, 0.3) is 0 Å².